The van der Waals surface area contributed by atoms with Crippen molar-refractivity contribution in [3.05, 3.63) is 91.5 Å². The van der Waals surface area contributed by atoms with Crippen LogP contribution in [0.3, 0.4) is 0 Å². The van der Waals surface area contributed by atoms with Crippen molar-refractivity contribution >= 4 is 23.1 Å². The number of carboxylic acids is 1. The molecule has 0 amide bonds. The lowest BCUT2D eigenvalue weighted by molar-refractivity contribution is -0.141. The van der Waals surface area contributed by atoms with Crippen LogP contribution < -0.4 is 5.32 Å². The van der Waals surface area contributed by atoms with Gasteiger partial charge in [-0.3, -0.25) is 4.79 Å². The van der Waals surface area contributed by atoms with Crippen molar-refractivity contribution in [2.24, 2.45) is 32.7 Å². The number of aliphatic hydroxyl groups excluding tert-OH is 1. The number of hydrogen-bond acceptors (Lipinski definition) is 6. The highest BCUT2D eigenvalue weighted by Crippen LogP contribution is 2.45. The molecule has 1 saturated heterocycles. The molecule has 0 aromatic carbocycles. The Hall–Kier alpha value is -4.00. The minimum atomic E-state index is -0.901. The van der Waals surface area contributed by atoms with E-state index in [1.165, 1.54) is 5.57 Å². The van der Waals surface area contributed by atoms with E-state index >= 15 is 0 Å². The fourth-order valence-corrected chi connectivity index (χ4v) is 6.71. The van der Waals surface area contributed by atoms with Crippen LogP contribution in [0.1, 0.15) is 61.3 Å². The summed E-state index contributed by atoms with van der Waals surface area (Å²) in [4.78, 5) is 27.6. The Labute approximate surface area is 228 Å². The molecule has 5 heterocycles. The maximum atomic E-state index is 12.6. The van der Waals surface area contributed by atoms with Crippen LogP contribution in [-0.2, 0) is 4.79 Å². The van der Waals surface area contributed by atoms with E-state index < -0.39 is 11.9 Å². The molecule has 0 aromatic rings. The summed E-state index contributed by atoms with van der Waals surface area (Å²) in [7, 11) is 0. The van der Waals surface area contributed by atoms with Crippen LogP contribution in [0, 0.1) is 17.8 Å². The molecule has 200 valence electrons. The topological polar surface area (TPSA) is 107 Å². The molecule has 0 saturated carbocycles. The molecule has 2 atom stereocenters. The summed E-state index contributed by atoms with van der Waals surface area (Å²) in [5, 5.41) is 24.8. The van der Waals surface area contributed by atoms with Gasteiger partial charge in [-0.15, -0.1) is 0 Å². The van der Waals surface area contributed by atoms with Gasteiger partial charge in [0.25, 0.3) is 0 Å². The Morgan fingerprint density at radius 1 is 1.03 bits per heavy atom. The van der Waals surface area contributed by atoms with Crippen LogP contribution in [0.5, 0.6) is 0 Å². The van der Waals surface area contributed by atoms with Crippen LogP contribution in [0.2, 0.25) is 0 Å². The van der Waals surface area contributed by atoms with Crippen LogP contribution >= 0.6 is 0 Å². The third-order valence-corrected chi connectivity index (χ3v) is 8.78. The van der Waals surface area contributed by atoms with Gasteiger partial charge in [-0.2, -0.15) is 0 Å². The normalized spacial score (nSPS) is 25.9. The predicted molar refractivity (Wildman–Crippen MR) is 155 cm³/mol. The first-order chi connectivity index (χ1) is 18.5. The van der Waals surface area contributed by atoms with E-state index in [-0.39, 0.29) is 24.0 Å². The molecule has 1 aliphatic carbocycles. The number of allylic oxidation sites excluding steroid dienone is 11. The fourth-order valence-electron chi connectivity index (χ4n) is 6.71. The number of aliphatic hydroxyl groups is 1. The van der Waals surface area contributed by atoms with E-state index in [0.29, 0.717) is 17.0 Å². The molecule has 5 aliphatic heterocycles. The Morgan fingerprint density at radius 2 is 1.72 bits per heavy atom. The molecule has 7 heteroatoms. The van der Waals surface area contributed by atoms with Crippen molar-refractivity contribution in [1.29, 1.82) is 0 Å². The monoisotopic (exact) mass is 522 g/mol. The fraction of sp³-hybridized carbons (Fsp3) is 0.375. The highest BCUT2D eigenvalue weighted by molar-refractivity contribution is 6.21. The second-order valence-corrected chi connectivity index (χ2v) is 11.4. The minimum absolute atomic E-state index is 0.227. The van der Waals surface area contributed by atoms with Gasteiger partial charge in [0.2, 0.25) is 0 Å². The Balaban J connectivity index is 1.66. The zero-order valence-corrected chi connectivity index (χ0v) is 23.5. The van der Waals surface area contributed by atoms with Gasteiger partial charge in [0.05, 0.1) is 34.2 Å². The average molecular weight is 523 g/mol. The predicted octanol–water partition coefficient (Wildman–Crippen LogP) is 6.40. The molecule has 6 aliphatic rings. The third-order valence-electron chi connectivity index (χ3n) is 8.78. The van der Waals surface area contributed by atoms with E-state index in [1.807, 2.05) is 26.0 Å². The number of aliphatic imine (C=N–C) groups is 3. The number of rotatable bonds is 3. The minimum Gasteiger partial charge on any atom is -0.511 e. The van der Waals surface area contributed by atoms with Crippen molar-refractivity contribution in [2.45, 2.75) is 61.3 Å². The number of hydrogen-bond donors (Lipinski definition) is 3. The summed E-state index contributed by atoms with van der Waals surface area (Å²) in [6, 6.07) is 0. The van der Waals surface area contributed by atoms with Crippen LogP contribution in [0.15, 0.2) is 106 Å². The number of nitrogens with one attached hydrogen (secondary N) is 1. The number of aliphatic carboxylic acids is 1. The highest BCUT2D eigenvalue weighted by Gasteiger charge is 2.44. The Morgan fingerprint density at radius 3 is 2.38 bits per heavy atom. The number of nitrogens with zero attached hydrogens (tertiary/aromatic N) is 3. The quantitative estimate of drug-likeness (QED) is 0.399. The van der Waals surface area contributed by atoms with Crippen molar-refractivity contribution in [1.82, 2.24) is 5.32 Å². The molecule has 3 N–H and O–H groups in total. The van der Waals surface area contributed by atoms with Crippen molar-refractivity contribution in [3.63, 3.8) is 0 Å². The van der Waals surface area contributed by atoms with Gasteiger partial charge in [-0.25, -0.2) is 15.0 Å². The zero-order valence-electron chi connectivity index (χ0n) is 23.5. The van der Waals surface area contributed by atoms with Crippen molar-refractivity contribution in [3.8, 4) is 0 Å². The molecule has 0 radical (unpaired) electrons. The van der Waals surface area contributed by atoms with Gasteiger partial charge in [0.15, 0.2) is 0 Å². The molecular weight excluding hydrogens is 488 g/mol. The Bertz CT molecular complexity index is 1630. The maximum absolute atomic E-state index is 12.6. The maximum Gasteiger partial charge on any atom is 0.313 e. The lowest BCUT2D eigenvalue weighted by Crippen LogP contribution is -2.21. The summed E-state index contributed by atoms with van der Waals surface area (Å²) in [5.41, 5.74) is 13.2. The summed E-state index contributed by atoms with van der Waals surface area (Å²) < 4.78 is 0. The number of carboxylic acid groups (broad SMARTS) is 1. The summed E-state index contributed by atoms with van der Waals surface area (Å²) in [6.45, 7) is 14.6. The molecule has 6 rings (SSSR count). The first kappa shape index (κ1) is 25.3. The smallest absolute Gasteiger partial charge is 0.313 e. The lowest BCUT2D eigenvalue weighted by atomic mass is 9.89. The molecular formula is C32H34N4O3. The second-order valence-electron chi connectivity index (χ2n) is 11.4. The summed E-state index contributed by atoms with van der Waals surface area (Å²) in [6.07, 6.45) is 7.17. The third kappa shape index (κ3) is 3.63. The van der Waals surface area contributed by atoms with Crippen LogP contribution in [0.25, 0.3) is 0 Å². The van der Waals surface area contributed by atoms with E-state index in [4.69, 9.17) is 15.0 Å². The van der Waals surface area contributed by atoms with Gasteiger partial charge in [-0.1, -0.05) is 27.7 Å². The largest absolute Gasteiger partial charge is 0.511 e. The van der Waals surface area contributed by atoms with Gasteiger partial charge >= 0.3 is 5.97 Å². The number of carbonyl (C=O) groups is 1. The van der Waals surface area contributed by atoms with Crippen molar-refractivity contribution in [2.75, 3.05) is 0 Å². The molecule has 2 unspecified atom stereocenters. The standard InChI is InChI=1S/C32H34N4O3/c1-8-18-14(4)20-12-25-27(13(2)3)15(5)21(34-25)10-22-17(7)29(32(38)39)31(36-22)19-9-26(37)28-16(6)23(35-30(19)28)11-24(18)33-20/h10-13,17,29,36-37H,8-9H2,1-7H3,(H,38,39). The molecule has 0 spiro atoms. The number of fused-ring (bicyclic) bond motifs is 5. The highest BCUT2D eigenvalue weighted by atomic mass is 16.4. The van der Waals surface area contributed by atoms with E-state index in [1.54, 1.807) is 0 Å². The summed E-state index contributed by atoms with van der Waals surface area (Å²) in [5.74, 6) is -1.49. The van der Waals surface area contributed by atoms with Crippen LogP contribution in [0.4, 0.5) is 0 Å². The second kappa shape index (κ2) is 8.76. The Kier molecular flexibility index (Phi) is 5.68. The van der Waals surface area contributed by atoms with E-state index in [2.05, 4.69) is 46.0 Å². The van der Waals surface area contributed by atoms with Gasteiger partial charge in [0, 0.05) is 34.9 Å². The van der Waals surface area contributed by atoms with Crippen LogP contribution in [-0.4, -0.2) is 33.3 Å². The zero-order chi connectivity index (χ0) is 27.9. The van der Waals surface area contributed by atoms with E-state index in [9.17, 15) is 15.0 Å². The first-order valence-corrected chi connectivity index (χ1v) is 13.7. The summed E-state index contributed by atoms with van der Waals surface area (Å²) >= 11 is 0. The van der Waals surface area contributed by atoms with Crippen molar-refractivity contribution < 1.29 is 15.0 Å². The molecule has 39 heavy (non-hydrogen) atoms. The van der Waals surface area contributed by atoms with Gasteiger partial charge in [0.1, 0.15) is 11.7 Å². The molecule has 7 nitrogen and oxygen atoms in total. The molecule has 0 aromatic heterocycles. The first-order valence-electron chi connectivity index (χ1n) is 13.7. The van der Waals surface area contributed by atoms with Gasteiger partial charge in [-0.05, 0) is 79.2 Å². The molecule has 8 bridgehead atoms. The SMILES string of the molecule is CCC1=C(C)C2=NC1=CC1=C(C)C3=C(O)CC(=C4NC(=CC5=NC(=C2)C(C(C)C)=C5C)C(C)C4C(=O)O)C3=N1. The molecule has 1 fully saturated rings. The lowest BCUT2D eigenvalue weighted by Gasteiger charge is -2.13. The van der Waals surface area contributed by atoms with Gasteiger partial charge < -0.3 is 15.5 Å². The van der Waals surface area contributed by atoms with E-state index in [0.717, 1.165) is 68.5 Å². The average Bonchev–Trinajstić information content (AvgIpc) is 3.61.